The van der Waals surface area contributed by atoms with Gasteiger partial charge in [0.2, 0.25) is 18.5 Å². The minimum Gasteiger partial charge on any atom is -0.494 e. The van der Waals surface area contributed by atoms with Crippen molar-refractivity contribution in [2.45, 2.75) is 18.6 Å². The molecule has 1 aliphatic heterocycles. The molecule has 1 amide bonds. The molecule has 34 heavy (non-hydrogen) atoms. The minimum atomic E-state index is -0.122. The Kier molecular flexibility index (Phi) is 6.39. The van der Waals surface area contributed by atoms with E-state index < -0.39 is 0 Å². The number of furan rings is 1. The standard InChI is InChI=1S/C24H22N4O5S/c1-2-30-18-8-6-17(7-9-18)28-23(20-4-3-11-31-20)26-27-24(28)34-14-22(29)25-13-16-5-10-19-21(12-16)33-15-32-19/h3-12H,2,13-15H2,1H3,(H,25,29). The fourth-order valence-electron chi connectivity index (χ4n) is 3.45. The quantitative estimate of drug-likeness (QED) is 0.360. The summed E-state index contributed by atoms with van der Waals surface area (Å²) in [6, 6.07) is 16.8. The van der Waals surface area contributed by atoms with Crippen molar-refractivity contribution in [2.24, 2.45) is 0 Å². The number of carbonyl (C=O) groups is 1. The van der Waals surface area contributed by atoms with Crippen LogP contribution in [0.1, 0.15) is 12.5 Å². The number of nitrogens with zero attached hydrogens (tertiary/aromatic N) is 3. The molecule has 1 aliphatic rings. The van der Waals surface area contributed by atoms with Gasteiger partial charge in [-0.2, -0.15) is 0 Å². The molecule has 0 fully saturated rings. The summed E-state index contributed by atoms with van der Waals surface area (Å²) in [5, 5.41) is 12.1. The van der Waals surface area contributed by atoms with Gasteiger partial charge < -0.3 is 23.9 Å². The van der Waals surface area contributed by atoms with E-state index in [1.165, 1.54) is 11.8 Å². The molecule has 3 heterocycles. The molecule has 4 aromatic rings. The molecule has 0 bridgehead atoms. The van der Waals surface area contributed by atoms with Crippen LogP contribution in [-0.2, 0) is 11.3 Å². The number of nitrogens with one attached hydrogen (secondary N) is 1. The summed E-state index contributed by atoms with van der Waals surface area (Å²) >= 11 is 1.30. The molecule has 10 heteroatoms. The molecule has 2 aromatic carbocycles. The first-order chi connectivity index (χ1) is 16.7. The maximum Gasteiger partial charge on any atom is 0.231 e. The highest BCUT2D eigenvalue weighted by molar-refractivity contribution is 7.99. The maximum atomic E-state index is 12.5. The molecule has 0 spiro atoms. The first kappa shape index (κ1) is 21.9. The second-order valence-electron chi connectivity index (χ2n) is 7.30. The van der Waals surface area contributed by atoms with Gasteiger partial charge in [0.05, 0.1) is 24.3 Å². The Balaban J connectivity index is 1.29. The Hall–Kier alpha value is -3.92. The molecule has 9 nitrogen and oxygen atoms in total. The lowest BCUT2D eigenvalue weighted by molar-refractivity contribution is -0.118. The van der Waals surface area contributed by atoms with Crippen LogP contribution in [-0.4, -0.2) is 39.8 Å². The Labute approximate surface area is 200 Å². The first-order valence-electron chi connectivity index (χ1n) is 10.7. The monoisotopic (exact) mass is 478 g/mol. The van der Waals surface area contributed by atoms with E-state index in [1.54, 1.807) is 12.3 Å². The van der Waals surface area contributed by atoms with E-state index in [2.05, 4.69) is 15.5 Å². The lowest BCUT2D eigenvalue weighted by Crippen LogP contribution is -2.24. The second-order valence-corrected chi connectivity index (χ2v) is 8.24. The molecule has 0 saturated heterocycles. The summed E-state index contributed by atoms with van der Waals surface area (Å²) in [5.41, 5.74) is 1.77. The molecular formula is C24H22N4O5S. The average molecular weight is 479 g/mol. The molecular weight excluding hydrogens is 456 g/mol. The van der Waals surface area contributed by atoms with Crippen LogP contribution in [0, 0.1) is 0 Å². The van der Waals surface area contributed by atoms with Gasteiger partial charge in [-0.25, -0.2) is 0 Å². The third kappa shape index (κ3) is 4.72. The third-order valence-corrected chi connectivity index (χ3v) is 5.97. The van der Waals surface area contributed by atoms with Crippen LogP contribution in [0.5, 0.6) is 17.2 Å². The normalized spacial score (nSPS) is 12.0. The summed E-state index contributed by atoms with van der Waals surface area (Å²) in [7, 11) is 0. The zero-order valence-corrected chi connectivity index (χ0v) is 19.2. The van der Waals surface area contributed by atoms with Gasteiger partial charge >= 0.3 is 0 Å². The van der Waals surface area contributed by atoms with Crippen LogP contribution in [0.15, 0.2) is 70.4 Å². The summed E-state index contributed by atoms with van der Waals surface area (Å²) < 4.78 is 23.7. The highest BCUT2D eigenvalue weighted by Crippen LogP contribution is 2.32. The van der Waals surface area contributed by atoms with E-state index in [9.17, 15) is 4.79 Å². The van der Waals surface area contributed by atoms with Crippen molar-refractivity contribution >= 4 is 17.7 Å². The SMILES string of the molecule is CCOc1ccc(-n2c(SCC(=O)NCc3ccc4c(c3)OCO4)nnc2-c2ccco2)cc1. The van der Waals surface area contributed by atoms with E-state index in [0.29, 0.717) is 41.4 Å². The number of benzene rings is 2. The number of amides is 1. The second kappa shape index (κ2) is 9.92. The molecule has 0 unspecified atom stereocenters. The molecule has 174 valence electrons. The van der Waals surface area contributed by atoms with Gasteiger partial charge in [0.1, 0.15) is 5.75 Å². The molecule has 2 aromatic heterocycles. The number of carbonyl (C=O) groups excluding carboxylic acids is 1. The Morgan fingerprint density at radius 2 is 1.97 bits per heavy atom. The summed E-state index contributed by atoms with van der Waals surface area (Å²) in [4.78, 5) is 12.5. The van der Waals surface area contributed by atoms with E-state index in [1.807, 2.05) is 60.0 Å². The number of aromatic nitrogens is 3. The van der Waals surface area contributed by atoms with Crippen LogP contribution < -0.4 is 19.5 Å². The molecule has 0 radical (unpaired) electrons. The average Bonchev–Trinajstić information content (AvgIpc) is 3.62. The summed E-state index contributed by atoms with van der Waals surface area (Å²) in [6.07, 6.45) is 1.59. The summed E-state index contributed by atoms with van der Waals surface area (Å²) in [6.45, 7) is 3.14. The zero-order valence-electron chi connectivity index (χ0n) is 18.4. The number of hydrogen-bond acceptors (Lipinski definition) is 8. The molecule has 0 atom stereocenters. The third-order valence-electron chi connectivity index (χ3n) is 5.04. The smallest absolute Gasteiger partial charge is 0.231 e. The van der Waals surface area contributed by atoms with Gasteiger partial charge in [-0.1, -0.05) is 17.8 Å². The van der Waals surface area contributed by atoms with E-state index in [-0.39, 0.29) is 18.5 Å². The molecule has 5 rings (SSSR count). The minimum absolute atomic E-state index is 0.122. The van der Waals surface area contributed by atoms with Crippen molar-refractivity contribution in [1.82, 2.24) is 20.1 Å². The zero-order chi connectivity index (χ0) is 23.3. The Bertz CT molecular complexity index is 1270. The highest BCUT2D eigenvalue weighted by Gasteiger charge is 2.19. The predicted molar refractivity (Wildman–Crippen MR) is 125 cm³/mol. The number of thioether (sulfide) groups is 1. The van der Waals surface area contributed by atoms with E-state index >= 15 is 0 Å². The number of ether oxygens (including phenoxy) is 3. The first-order valence-corrected chi connectivity index (χ1v) is 11.7. The van der Waals surface area contributed by atoms with E-state index in [0.717, 1.165) is 17.0 Å². The number of hydrogen-bond donors (Lipinski definition) is 1. The van der Waals surface area contributed by atoms with Crippen LogP contribution in [0.25, 0.3) is 17.3 Å². The molecule has 0 aliphatic carbocycles. The lowest BCUT2D eigenvalue weighted by Gasteiger charge is -2.11. The van der Waals surface area contributed by atoms with Crippen molar-refractivity contribution in [2.75, 3.05) is 19.2 Å². The van der Waals surface area contributed by atoms with Gasteiger partial charge in [0.25, 0.3) is 0 Å². The van der Waals surface area contributed by atoms with Crippen molar-refractivity contribution in [3.8, 4) is 34.5 Å². The predicted octanol–water partition coefficient (Wildman–Crippen LogP) is 4.06. The Morgan fingerprint density at radius 3 is 2.76 bits per heavy atom. The van der Waals surface area contributed by atoms with Gasteiger partial charge in [-0.15, -0.1) is 10.2 Å². The topological polar surface area (TPSA) is 101 Å². The van der Waals surface area contributed by atoms with E-state index in [4.69, 9.17) is 18.6 Å². The van der Waals surface area contributed by atoms with Crippen molar-refractivity contribution < 1.29 is 23.4 Å². The van der Waals surface area contributed by atoms with Gasteiger partial charge in [-0.05, 0) is 61.0 Å². The van der Waals surface area contributed by atoms with Gasteiger partial charge in [0.15, 0.2) is 22.4 Å². The van der Waals surface area contributed by atoms with Crippen molar-refractivity contribution in [1.29, 1.82) is 0 Å². The van der Waals surface area contributed by atoms with Crippen molar-refractivity contribution in [3.05, 3.63) is 66.4 Å². The summed E-state index contributed by atoms with van der Waals surface area (Å²) in [5.74, 6) is 3.37. The van der Waals surface area contributed by atoms with Crippen LogP contribution >= 0.6 is 11.8 Å². The highest BCUT2D eigenvalue weighted by atomic mass is 32.2. The molecule has 0 saturated carbocycles. The lowest BCUT2D eigenvalue weighted by atomic mass is 10.2. The molecule has 1 N–H and O–H groups in total. The van der Waals surface area contributed by atoms with Crippen LogP contribution in [0.3, 0.4) is 0 Å². The largest absolute Gasteiger partial charge is 0.494 e. The van der Waals surface area contributed by atoms with Crippen LogP contribution in [0.2, 0.25) is 0 Å². The maximum absolute atomic E-state index is 12.5. The Morgan fingerprint density at radius 1 is 1.12 bits per heavy atom. The van der Waals surface area contributed by atoms with Crippen molar-refractivity contribution in [3.63, 3.8) is 0 Å². The number of rotatable bonds is 9. The van der Waals surface area contributed by atoms with Crippen LogP contribution in [0.4, 0.5) is 0 Å². The van der Waals surface area contributed by atoms with Gasteiger partial charge in [0, 0.05) is 6.54 Å². The number of fused-ring (bicyclic) bond motifs is 1. The fourth-order valence-corrected chi connectivity index (χ4v) is 4.23. The van der Waals surface area contributed by atoms with Gasteiger partial charge in [-0.3, -0.25) is 9.36 Å². The fraction of sp³-hybridized carbons (Fsp3) is 0.208.